The van der Waals surface area contributed by atoms with E-state index < -0.39 is 23.4 Å². The zero-order chi connectivity index (χ0) is 11.5. The van der Waals surface area contributed by atoms with Crippen LogP contribution in [0.1, 0.15) is 13.3 Å². The van der Waals surface area contributed by atoms with Gasteiger partial charge in [0.1, 0.15) is 5.41 Å². The van der Waals surface area contributed by atoms with Crippen molar-refractivity contribution in [1.29, 1.82) is 10.5 Å². The number of hydrogen-bond acceptors (Lipinski definition) is 5. The predicted molar refractivity (Wildman–Crippen MR) is 49.2 cm³/mol. The number of hydrogen-bond donors (Lipinski definition) is 0. The summed E-state index contributed by atoms with van der Waals surface area (Å²) in [6.45, 7) is 2.06. The standard InChI is InChI=1S/C10H12N2O3/c1-7-10(3-4-15-7,9(13)14-2)8(5-11)6-12/h7-8H,3-4H2,1-2H3. The second kappa shape index (κ2) is 4.29. The molecule has 0 aromatic carbocycles. The van der Waals surface area contributed by atoms with Crippen LogP contribution in [0.25, 0.3) is 0 Å². The van der Waals surface area contributed by atoms with Gasteiger partial charge in [0, 0.05) is 6.61 Å². The summed E-state index contributed by atoms with van der Waals surface area (Å²) >= 11 is 0. The number of nitriles is 2. The van der Waals surface area contributed by atoms with E-state index in [0.29, 0.717) is 13.0 Å². The maximum absolute atomic E-state index is 11.7. The van der Waals surface area contributed by atoms with Crippen molar-refractivity contribution in [2.75, 3.05) is 13.7 Å². The molecule has 0 spiro atoms. The molecule has 0 radical (unpaired) electrons. The first-order chi connectivity index (χ1) is 7.13. The van der Waals surface area contributed by atoms with E-state index in [-0.39, 0.29) is 0 Å². The highest BCUT2D eigenvalue weighted by Gasteiger charge is 2.55. The lowest BCUT2D eigenvalue weighted by molar-refractivity contribution is -0.157. The van der Waals surface area contributed by atoms with E-state index >= 15 is 0 Å². The molecule has 0 aliphatic carbocycles. The Labute approximate surface area is 88.2 Å². The first kappa shape index (κ1) is 11.5. The fraction of sp³-hybridized carbons (Fsp3) is 0.700. The van der Waals surface area contributed by atoms with Gasteiger partial charge in [-0.2, -0.15) is 10.5 Å². The molecule has 15 heavy (non-hydrogen) atoms. The molecule has 1 saturated heterocycles. The minimum absolute atomic E-state index is 0.354. The third-order valence-electron chi connectivity index (χ3n) is 2.95. The van der Waals surface area contributed by atoms with Gasteiger partial charge in [0.15, 0.2) is 5.92 Å². The van der Waals surface area contributed by atoms with Crippen LogP contribution < -0.4 is 0 Å². The highest BCUT2D eigenvalue weighted by molar-refractivity contribution is 5.79. The molecule has 5 nitrogen and oxygen atoms in total. The molecule has 1 heterocycles. The van der Waals surface area contributed by atoms with Crippen molar-refractivity contribution >= 4 is 5.97 Å². The third kappa shape index (κ3) is 1.55. The molecule has 1 rings (SSSR count). The fourth-order valence-electron chi connectivity index (χ4n) is 1.97. The van der Waals surface area contributed by atoms with Gasteiger partial charge in [-0.15, -0.1) is 0 Å². The molecule has 1 aliphatic heterocycles. The Morgan fingerprint density at radius 2 is 2.20 bits per heavy atom. The number of carbonyl (C=O) groups excluding carboxylic acids is 1. The largest absolute Gasteiger partial charge is 0.468 e. The van der Waals surface area contributed by atoms with Crippen molar-refractivity contribution in [2.45, 2.75) is 19.4 Å². The van der Waals surface area contributed by atoms with E-state index in [2.05, 4.69) is 4.74 Å². The molecule has 1 fully saturated rings. The third-order valence-corrected chi connectivity index (χ3v) is 2.95. The molecule has 0 saturated carbocycles. The quantitative estimate of drug-likeness (QED) is 0.621. The minimum Gasteiger partial charge on any atom is -0.468 e. The lowest BCUT2D eigenvalue weighted by Crippen LogP contribution is -2.44. The summed E-state index contributed by atoms with van der Waals surface area (Å²) in [6.07, 6.45) is -0.110. The first-order valence-corrected chi connectivity index (χ1v) is 4.62. The summed E-state index contributed by atoms with van der Waals surface area (Å²) in [5, 5.41) is 17.8. The Morgan fingerprint density at radius 3 is 2.53 bits per heavy atom. The van der Waals surface area contributed by atoms with Crippen LogP contribution in [0.4, 0.5) is 0 Å². The SMILES string of the molecule is COC(=O)C1(C(C#N)C#N)CCOC1C. The molecule has 80 valence electrons. The Hall–Kier alpha value is -1.59. The summed E-state index contributed by atoms with van der Waals surface area (Å²) < 4.78 is 9.94. The number of nitrogens with zero attached hydrogens (tertiary/aromatic N) is 2. The number of ether oxygens (including phenoxy) is 2. The van der Waals surface area contributed by atoms with E-state index in [1.165, 1.54) is 7.11 Å². The van der Waals surface area contributed by atoms with Crippen LogP contribution in [0, 0.1) is 34.0 Å². The second-order valence-corrected chi connectivity index (χ2v) is 3.49. The van der Waals surface area contributed by atoms with Crippen LogP contribution in [0.2, 0.25) is 0 Å². The molecule has 0 aromatic heterocycles. The molecule has 0 bridgehead atoms. The summed E-state index contributed by atoms with van der Waals surface area (Å²) in [4.78, 5) is 11.7. The Morgan fingerprint density at radius 1 is 1.60 bits per heavy atom. The van der Waals surface area contributed by atoms with E-state index in [1.807, 2.05) is 12.1 Å². The van der Waals surface area contributed by atoms with Crippen LogP contribution >= 0.6 is 0 Å². The van der Waals surface area contributed by atoms with Crippen LogP contribution in [0.15, 0.2) is 0 Å². The van der Waals surface area contributed by atoms with Gasteiger partial charge in [-0.3, -0.25) is 4.79 Å². The molecule has 5 heteroatoms. The van der Waals surface area contributed by atoms with E-state index in [4.69, 9.17) is 15.3 Å². The van der Waals surface area contributed by atoms with Gasteiger partial charge in [-0.05, 0) is 13.3 Å². The number of carbonyl (C=O) groups is 1. The van der Waals surface area contributed by atoms with Gasteiger partial charge < -0.3 is 9.47 Å². The average molecular weight is 208 g/mol. The van der Waals surface area contributed by atoms with Crippen LogP contribution in [0.5, 0.6) is 0 Å². The Kier molecular flexibility index (Phi) is 3.28. The number of esters is 1. The Bertz CT molecular complexity index is 328. The monoisotopic (exact) mass is 208 g/mol. The van der Waals surface area contributed by atoms with Crippen molar-refractivity contribution < 1.29 is 14.3 Å². The lowest BCUT2D eigenvalue weighted by atomic mass is 9.72. The van der Waals surface area contributed by atoms with Crippen LogP contribution in [0.3, 0.4) is 0 Å². The summed E-state index contributed by atoms with van der Waals surface area (Å²) in [5.74, 6) is -1.57. The summed E-state index contributed by atoms with van der Waals surface area (Å²) in [5.41, 5.74) is -1.13. The maximum Gasteiger partial charge on any atom is 0.316 e. The highest BCUT2D eigenvalue weighted by atomic mass is 16.5. The molecule has 0 aromatic rings. The molecule has 2 unspecified atom stereocenters. The molecule has 2 atom stereocenters. The lowest BCUT2D eigenvalue weighted by Gasteiger charge is -2.29. The van der Waals surface area contributed by atoms with Crippen LogP contribution in [-0.4, -0.2) is 25.8 Å². The van der Waals surface area contributed by atoms with Gasteiger partial charge in [0.25, 0.3) is 0 Å². The number of methoxy groups -OCH3 is 1. The van der Waals surface area contributed by atoms with Crippen molar-refractivity contribution in [1.82, 2.24) is 0 Å². The zero-order valence-electron chi connectivity index (χ0n) is 8.69. The van der Waals surface area contributed by atoms with Gasteiger partial charge in [0.2, 0.25) is 0 Å². The van der Waals surface area contributed by atoms with Crippen molar-refractivity contribution in [3.8, 4) is 12.1 Å². The second-order valence-electron chi connectivity index (χ2n) is 3.49. The highest BCUT2D eigenvalue weighted by Crippen LogP contribution is 2.42. The molecule has 0 N–H and O–H groups in total. The Balaban J connectivity index is 3.14. The molecular formula is C10H12N2O3. The summed E-state index contributed by atoms with van der Waals surface area (Å²) in [6, 6.07) is 3.68. The smallest absolute Gasteiger partial charge is 0.316 e. The normalized spacial score (nSPS) is 29.5. The first-order valence-electron chi connectivity index (χ1n) is 4.62. The minimum atomic E-state index is -1.13. The zero-order valence-corrected chi connectivity index (χ0v) is 8.69. The molecular weight excluding hydrogens is 196 g/mol. The van der Waals surface area contributed by atoms with Gasteiger partial charge in [-0.25, -0.2) is 0 Å². The van der Waals surface area contributed by atoms with Crippen molar-refractivity contribution in [3.05, 3.63) is 0 Å². The average Bonchev–Trinajstić information content (AvgIpc) is 2.62. The predicted octanol–water partition coefficient (Wildman–Crippen LogP) is 0.618. The maximum atomic E-state index is 11.7. The number of rotatable bonds is 2. The van der Waals surface area contributed by atoms with Gasteiger partial charge in [-0.1, -0.05) is 0 Å². The fourth-order valence-corrected chi connectivity index (χ4v) is 1.97. The molecule has 0 amide bonds. The van der Waals surface area contributed by atoms with E-state index in [1.54, 1.807) is 6.92 Å². The van der Waals surface area contributed by atoms with Crippen LogP contribution in [-0.2, 0) is 14.3 Å². The van der Waals surface area contributed by atoms with Crippen molar-refractivity contribution in [2.24, 2.45) is 11.3 Å². The van der Waals surface area contributed by atoms with E-state index in [9.17, 15) is 4.79 Å². The topological polar surface area (TPSA) is 83.1 Å². The summed E-state index contributed by atoms with van der Waals surface area (Å²) in [7, 11) is 1.25. The molecule has 1 aliphatic rings. The van der Waals surface area contributed by atoms with Gasteiger partial charge in [0.05, 0.1) is 25.4 Å². The van der Waals surface area contributed by atoms with E-state index in [0.717, 1.165) is 0 Å². The van der Waals surface area contributed by atoms with Gasteiger partial charge >= 0.3 is 5.97 Å². The van der Waals surface area contributed by atoms with Crippen molar-refractivity contribution in [3.63, 3.8) is 0 Å².